The largest absolute Gasteiger partial charge is 0.496 e. The summed E-state index contributed by atoms with van der Waals surface area (Å²) >= 11 is 0. The fraction of sp³-hybridized carbons (Fsp3) is 0.524. The Morgan fingerprint density at radius 1 is 1.37 bits per heavy atom. The smallest absolute Gasteiger partial charge is 0.255 e. The van der Waals surface area contributed by atoms with E-state index in [2.05, 4.69) is 16.8 Å². The van der Waals surface area contributed by atoms with Crippen molar-refractivity contribution in [3.05, 3.63) is 57.3 Å². The van der Waals surface area contributed by atoms with E-state index >= 15 is 0 Å². The van der Waals surface area contributed by atoms with Gasteiger partial charge in [-0.2, -0.15) is 0 Å². The molecular weight excluding hydrogens is 342 g/mol. The van der Waals surface area contributed by atoms with Crippen molar-refractivity contribution in [3.8, 4) is 5.75 Å². The third-order valence-electron chi connectivity index (χ3n) is 5.11. The van der Waals surface area contributed by atoms with Gasteiger partial charge in [-0.15, -0.1) is 0 Å². The number of fused-ring (bicyclic) bond motifs is 1. The molecule has 0 fully saturated rings. The molecule has 1 aliphatic heterocycles. The van der Waals surface area contributed by atoms with Crippen LogP contribution in [0.3, 0.4) is 0 Å². The second-order valence-corrected chi connectivity index (χ2v) is 7.21. The number of nitrogens with zero attached hydrogens (tertiary/aromatic N) is 2. The molecule has 0 bridgehead atoms. The number of aliphatic hydroxyl groups excluding tert-OH is 1. The van der Waals surface area contributed by atoms with Gasteiger partial charge in [0, 0.05) is 38.0 Å². The van der Waals surface area contributed by atoms with Gasteiger partial charge in [-0.1, -0.05) is 38.0 Å². The number of rotatable bonds is 8. The number of ether oxygens (including phenoxy) is 1. The van der Waals surface area contributed by atoms with Gasteiger partial charge in [0.05, 0.1) is 24.5 Å². The Morgan fingerprint density at radius 3 is 2.96 bits per heavy atom. The highest BCUT2D eigenvalue weighted by molar-refractivity contribution is 5.35. The molecule has 2 heterocycles. The molecule has 1 aromatic heterocycles. The summed E-state index contributed by atoms with van der Waals surface area (Å²) in [5.41, 5.74) is 2.54. The van der Waals surface area contributed by atoms with E-state index in [1.54, 1.807) is 7.11 Å². The number of nitrogens with one attached hydrogen (secondary N) is 1. The first-order valence-corrected chi connectivity index (χ1v) is 9.74. The van der Waals surface area contributed by atoms with Crippen LogP contribution in [-0.2, 0) is 19.4 Å². The van der Waals surface area contributed by atoms with Crippen LogP contribution in [0.5, 0.6) is 5.75 Å². The fourth-order valence-electron chi connectivity index (χ4n) is 3.63. The minimum absolute atomic E-state index is 0.0716. The lowest BCUT2D eigenvalue weighted by atomic mass is 10.0. The minimum Gasteiger partial charge on any atom is -0.496 e. The molecule has 0 saturated heterocycles. The van der Waals surface area contributed by atoms with E-state index < -0.39 is 0 Å². The number of β-amino-alcohol motifs (C(OH)–C–C–N with tert-alkyl or cyclic N) is 1. The Kier molecular flexibility index (Phi) is 6.63. The Bertz CT molecular complexity index is 819. The van der Waals surface area contributed by atoms with Crippen molar-refractivity contribution in [1.82, 2.24) is 14.9 Å². The van der Waals surface area contributed by atoms with Crippen LogP contribution in [0.25, 0.3) is 0 Å². The van der Waals surface area contributed by atoms with Gasteiger partial charge in [0.15, 0.2) is 0 Å². The van der Waals surface area contributed by atoms with Crippen molar-refractivity contribution in [2.75, 3.05) is 20.2 Å². The number of hydrogen-bond donors (Lipinski definition) is 2. The standard InChI is InChI=1S/C21H29N3O3/c1-3-4-8-16(25)13-24-11-10-18-17(14-24)21(26)23-20(22-18)12-15-7-5-6-9-19(15)27-2/h5-7,9,16,25H,3-4,8,10-14H2,1-2H3,(H,22,23,26). The first kappa shape index (κ1) is 19.6. The van der Waals surface area contributed by atoms with E-state index in [4.69, 9.17) is 9.72 Å². The van der Waals surface area contributed by atoms with Crippen molar-refractivity contribution in [2.24, 2.45) is 0 Å². The SMILES string of the molecule is CCCCC(O)CN1CCc2nc(Cc3ccccc3OC)[nH]c(=O)c2C1. The number of aromatic amines is 1. The number of para-hydroxylation sites is 1. The third-order valence-corrected chi connectivity index (χ3v) is 5.11. The van der Waals surface area contributed by atoms with E-state index in [9.17, 15) is 9.90 Å². The van der Waals surface area contributed by atoms with Crippen molar-refractivity contribution in [1.29, 1.82) is 0 Å². The third kappa shape index (κ3) is 4.96. The Labute approximate surface area is 160 Å². The molecule has 146 valence electrons. The van der Waals surface area contributed by atoms with E-state index in [1.807, 2.05) is 24.3 Å². The zero-order valence-electron chi connectivity index (χ0n) is 16.2. The van der Waals surface area contributed by atoms with Crippen LogP contribution in [-0.4, -0.2) is 46.3 Å². The highest BCUT2D eigenvalue weighted by Crippen LogP contribution is 2.21. The van der Waals surface area contributed by atoms with Crippen LogP contribution >= 0.6 is 0 Å². The van der Waals surface area contributed by atoms with Gasteiger partial charge in [0.2, 0.25) is 0 Å². The van der Waals surface area contributed by atoms with Crippen LogP contribution in [0.4, 0.5) is 0 Å². The molecule has 1 atom stereocenters. The van der Waals surface area contributed by atoms with Gasteiger partial charge in [-0.3, -0.25) is 9.69 Å². The monoisotopic (exact) mass is 371 g/mol. The minimum atomic E-state index is -0.330. The van der Waals surface area contributed by atoms with Crippen LogP contribution in [0.2, 0.25) is 0 Å². The molecule has 0 radical (unpaired) electrons. The summed E-state index contributed by atoms with van der Waals surface area (Å²) in [5.74, 6) is 1.46. The maximum Gasteiger partial charge on any atom is 0.255 e. The molecule has 2 N–H and O–H groups in total. The number of aromatic nitrogens is 2. The Morgan fingerprint density at radius 2 is 2.19 bits per heavy atom. The number of unbranched alkanes of at least 4 members (excludes halogenated alkanes) is 1. The lowest BCUT2D eigenvalue weighted by Gasteiger charge is -2.29. The number of benzene rings is 1. The molecule has 0 aliphatic carbocycles. The lowest BCUT2D eigenvalue weighted by Crippen LogP contribution is -2.40. The summed E-state index contributed by atoms with van der Waals surface area (Å²) in [5, 5.41) is 10.2. The van der Waals surface area contributed by atoms with E-state index in [1.165, 1.54) is 0 Å². The second-order valence-electron chi connectivity index (χ2n) is 7.21. The number of aliphatic hydroxyl groups is 1. The van der Waals surface area contributed by atoms with Gasteiger partial charge < -0.3 is 14.8 Å². The predicted octanol–water partition coefficient (Wildman–Crippen LogP) is 2.28. The summed E-state index contributed by atoms with van der Waals surface area (Å²) in [6, 6.07) is 7.77. The number of hydrogen-bond acceptors (Lipinski definition) is 5. The van der Waals surface area contributed by atoms with Crippen molar-refractivity contribution in [2.45, 2.75) is 51.7 Å². The Balaban J connectivity index is 1.72. The average Bonchev–Trinajstić information content (AvgIpc) is 2.67. The first-order chi connectivity index (χ1) is 13.1. The summed E-state index contributed by atoms with van der Waals surface area (Å²) in [6.45, 7) is 4.11. The molecule has 0 saturated carbocycles. The lowest BCUT2D eigenvalue weighted by molar-refractivity contribution is 0.0960. The van der Waals surface area contributed by atoms with Gasteiger partial charge in [0.25, 0.3) is 5.56 Å². The average molecular weight is 371 g/mol. The molecule has 1 aromatic carbocycles. The summed E-state index contributed by atoms with van der Waals surface area (Å²) < 4.78 is 5.39. The van der Waals surface area contributed by atoms with Gasteiger partial charge in [-0.05, 0) is 12.5 Å². The van der Waals surface area contributed by atoms with Crippen LogP contribution in [0.1, 0.15) is 48.8 Å². The van der Waals surface area contributed by atoms with Gasteiger partial charge in [-0.25, -0.2) is 4.98 Å². The molecule has 3 rings (SSSR count). The van der Waals surface area contributed by atoms with E-state index in [0.717, 1.165) is 54.8 Å². The zero-order chi connectivity index (χ0) is 19.2. The zero-order valence-corrected chi connectivity index (χ0v) is 16.2. The van der Waals surface area contributed by atoms with Crippen LogP contribution in [0, 0.1) is 0 Å². The van der Waals surface area contributed by atoms with E-state index in [-0.39, 0.29) is 11.7 Å². The number of H-pyrrole nitrogens is 1. The van der Waals surface area contributed by atoms with Crippen molar-refractivity contribution in [3.63, 3.8) is 0 Å². The normalized spacial score (nSPS) is 15.4. The molecule has 0 amide bonds. The summed E-state index contributed by atoms with van der Waals surface area (Å²) in [4.78, 5) is 22.4. The molecule has 6 heteroatoms. The highest BCUT2D eigenvalue weighted by atomic mass is 16.5. The molecule has 1 aliphatic rings. The second kappa shape index (κ2) is 9.15. The highest BCUT2D eigenvalue weighted by Gasteiger charge is 2.23. The summed E-state index contributed by atoms with van der Waals surface area (Å²) in [7, 11) is 1.64. The van der Waals surface area contributed by atoms with Crippen LogP contribution < -0.4 is 10.3 Å². The topological polar surface area (TPSA) is 78.5 Å². The maximum absolute atomic E-state index is 12.6. The molecule has 27 heavy (non-hydrogen) atoms. The first-order valence-electron chi connectivity index (χ1n) is 9.74. The molecule has 6 nitrogen and oxygen atoms in total. The quantitative estimate of drug-likeness (QED) is 0.744. The van der Waals surface area contributed by atoms with Crippen LogP contribution in [0.15, 0.2) is 29.1 Å². The fourth-order valence-corrected chi connectivity index (χ4v) is 3.63. The number of methoxy groups -OCH3 is 1. The maximum atomic E-state index is 12.6. The molecule has 1 unspecified atom stereocenters. The van der Waals surface area contributed by atoms with Crippen molar-refractivity contribution >= 4 is 0 Å². The van der Waals surface area contributed by atoms with Crippen molar-refractivity contribution < 1.29 is 9.84 Å². The predicted molar refractivity (Wildman–Crippen MR) is 105 cm³/mol. The molecule has 2 aromatic rings. The van der Waals surface area contributed by atoms with E-state index in [0.29, 0.717) is 25.3 Å². The summed E-state index contributed by atoms with van der Waals surface area (Å²) in [6.07, 6.45) is 3.86. The molecular formula is C21H29N3O3. The molecule has 0 spiro atoms. The Hall–Kier alpha value is -2.18. The van der Waals surface area contributed by atoms with Gasteiger partial charge in [0.1, 0.15) is 11.6 Å². The van der Waals surface area contributed by atoms with Gasteiger partial charge >= 0.3 is 0 Å².